The molecule has 10 heteroatoms. The summed E-state index contributed by atoms with van der Waals surface area (Å²) in [5, 5.41) is 18.3. The Kier molecular flexibility index (Phi) is 39.0. The van der Waals surface area contributed by atoms with Crippen LogP contribution < -0.4 is 0 Å². The van der Waals surface area contributed by atoms with E-state index in [2.05, 4.69) is 74.6 Å². The third-order valence-corrected chi connectivity index (χ3v) is 9.37. The van der Waals surface area contributed by atoms with E-state index in [0.717, 1.165) is 57.8 Å². The summed E-state index contributed by atoms with van der Waals surface area (Å²) in [6.07, 6.45) is 47.3. The molecule has 0 aliphatic carbocycles. The molecular formula is C44H77O9P. The molecule has 312 valence electrons. The lowest BCUT2D eigenvalue weighted by Gasteiger charge is -2.20. The van der Waals surface area contributed by atoms with E-state index < -0.39 is 45.8 Å². The van der Waals surface area contributed by atoms with E-state index in [1.54, 1.807) is 0 Å². The minimum atomic E-state index is -4.54. The first-order chi connectivity index (χ1) is 26.3. The van der Waals surface area contributed by atoms with Crippen LogP contribution in [-0.2, 0) is 27.9 Å². The van der Waals surface area contributed by atoms with Gasteiger partial charge in [-0.2, -0.15) is 0 Å². The van der Waals surface area contributed by atoms with Crippen LogP contribution in [0.1, 0.15) is 155 Å². The van der Waals surface area contributed by atoms with Crippen LogP contribution in [0.25, 0.3) is 0 Å². The van der Waals surface area contributed by atoms with Crippen LogP contribution in [0.5, 0.6) is 0 Å². The Hall–Kier alpha value is -2.10. The molecule has 0 spiro atoms. The second-order valence-corrected chi connectivity index (χ2v) is 15.1. The lowest BCUT2D eigenvalue weighted by atomic mass is 10.0. The first kappa shape index (κ1) is 51.9. The molecule has 0 fully saturated rings. The van der Waals surface area contributed by atoms with Crippen LogP contribution in [0, 0.1) is 0 Å². The van der Waals surface area contributed by atoms with Crippen molar-refractivity contribution in [1.82, 2.24) is 0 Å². The number of esters is 1. The fourth-order valence-corrected chi connectivity index (χ4v) is 6.05. The van der Waals surface area contributed by atoms with Crippen molar-refractivity contribution < 1.29 is 43.0 Å². The number of allylic oxidation sites excluding steroid dienone is 12. The number of aliphatic hydroxyl groups excluding tert-OH is 2. The lowest BCUT2D eigenvalue weighted by Crippen LogP contribution is -2.29. The van der Waals surface area contributed by atoms with E-state index in [-0.39, 0.29) is 13.0 Å². The van der Waals surface area contributed by atoms with Gasteiger partial charge in [0.2, 0.25) is 0 Å². The lowest BCUT2D eigenvalue weighted by molar-refractivity contribution is -0.154. The van der Waals surface area contributed by atoms with Gasteiger partial charge in [0.15, 0.2) is 0 Å². The van der Waals surface area contributed by atoms with Gasteiger partial charge in [0.1, 0.15) is 12.2 Å². The molecule has 54 heavy (non-hydrogen) atoms. The van der Waals surface area contributed by atoms with Crippen LogP contribution in [0.15, 0.2) is 72.9 Å². The number of phosphoric acid groups is 1. The maximum absolute atomic E-state index is 12.6. The molecule has 0 amide bonds. The fourth-order valence-electron chi connectivity index (χ4n) is 5.26. The second-order valence-electron chi connectivity index (χ2n) is 13.6. The third kappa shape index (κ3) is 39.6. The van der Waals surface area contributed by atoms with E-state index in [4.69, 9.17) is 23.6 Å². The molecule has 0 aromatic heterocycles. The molecule has 0 aliphatic rings. The molecule has 0 saturated carbocycles. The summed E-state index contributed by atoms with van der Waals surface area (Å²) in [6, 6.07) is 0. The van der Waals surface area contributed by atoms with Crippen molar-refractivity contribution in [1.29, 1.82) is 0 Å². The first-order valence-corrected chi connectivity index (χ1v) is 22.4. The number of carbonyl (C=O) groups is 1. The van der Waals surface area contributed by atoms with Crippen molar-refractivity contribution in [3.05, 3.63) is 72.9 Å². The number of aliphatic hydroxyl groups is 2. The molecule has 0 bridgehead atoms. The number of ether oxygens (including phenoxy) is 2. The molecule has 0 rings (SSSR count). The van der Waals surface area contributed by atoms with Crippen molar-refractivity contribution >= 4 is 13.8 Å². The maximum atomic E-state index is 12.6. The van der Waals surface area contributed by atoms with E-state index in [1.165, 1.54) is 70.6 Å². The predicted molar refractivity (Wildman–Crippen MR) is 223 cm³/mol. The highest BCUT2D eigenvalue weighted by Gasteiger charge is 2.26. The van der Waals surface area contributed by atoms with Crippen molar-refractivity contribution in [2.24, 2.45) is 0 Å². The monoisotopic (exact) mass is 781 g/mol. The Morgan fingerprint density at radius 2 is 1.02 bits per heavy atom. The second kappa shape index (κ2) is 40.6. The largest absolute Gasteiger partial charge is 0.472 e. The summed E-state index contributed by atoms with van der Waals surface area (Å²) in [7, 11) is -4.54. The van der Waals surface area contributed by atoms with Crippen LogP contribution in [0.2, 0.25) is 0 Å². The van der Waals surface area contributed by atoms with Gasteiger partial charge in [0, 0.05) is 13.0 Å². The van der Waals surface area contributed by atoms with Gasteiger partial charge in [-0.1, -0.05) is 170 Å². The predicted octanol–water partition coefficient (Wildman–Crippen LogP) is 11.4. The molecule has 3 atom stereocenters. The van der Waals surface area contributed by atoms with Crippen molar-refractivity contribution in [3.63, 3.8) is 0 Å². The number of phosphoric ester groups is 1. The Bertz CT molecular complexity index is 1070. The van der Waals surface area contributed by atoms with Crippen LogP contribution in [0.3, 0.4) is 0 Å². The van der Waals surface area contributed by atoms with Gasteiger partial charge in [-0.05, 0) is 51.4 Å². The summed E-state index contributed by atoms with van der Waals surface area (Å²) in [4.78, 5) is 22.5. The average molecular weight is 781 g/mol. The molecule has 1 unspecified atom stereocenters. The zero-order valence-electron chi connectivity index (χ0n) is 33.9. The average Bonchev–Trinajstić information content (AvgIpc) is 3.16. The van der Waals surface area contributed by atoms with Gasteiger partial charge in [0.05, 0.1) is 26.4 Å². The Morgan fingerprint density at radius 1 is 0.593 bits per heavy atom. The standard InChI is InChI=1S/C44H77O9P/c1-3-5-7-9-11-13-15-17-19-20-21-22-23-24-26-28-30-32-34-36-44(47)53-43(41-52-54(48,49)51-39-42(46)38-45)40-50-37-35-33-31-29-27-25-18-16-14-12-10-8-6-4-2/h5,7,11,13,17,19,21-22,24,26,30,32,42-43,45-46H,3-4,6,8-10,12,14-16,18,20,23,25,27-29,31,33-41H2,1-2H3,(H,48,49)/b7-5-,13-11-,19-17-,22-21-,26-24-,32-30-/t42-,43+/m0/s1. The summed E-state index contributed by atoms with van der Waals surface area (Å²) in [6.45, 7) is 3.29. The quantitative estimate of drug-likeness (QED) is 0.0241. The Labute approximate surface area is 329 Å². The Morgan fingerprint density at radius 3 is 1.48 bits per heavy atom. The van der Waals surface area contributed by atoms with Gasteiger partial charge in [-0.25, -0.2) is 4.57 Å². The molecule has 0 aromatic carbocycles. The van der Waals surface area contributed by atoms with Crippen molar-refractivity contribution in [3.8, 4) is 0 Å². The molecule has 0 aromatic rings. The third-order valence-electron chi connectivity index (χ3n) is 8.42. The number of rotatable bonds is 39. The van der Waals surface area contributed by atoms with Gasteiger partial charge in [0.25, 0.3) is 0 Å². The summed E-state index contributed by atoms with van der Waals surface area (Å²) < 4.78 is 33.2. The van der Waals surface area contributed by atoms with Crippen molar-refractivity contribution in [2.45, 2.75) is 167 Å². The number of carbonyl (C=O) groups excluding carboxylic acids is 1. The molecule has 0 saturated heterocycles. The molecule has 9 nitrogen and oxygen atoms in total. The van der Waals surface area contributed by atoms with E-state index in [9.17, 15) is 19.4 Å². The maximum Gasteiger partial charge on any atom is 0.472 e. The minimum absolute atomic E-state index is 0.0172. The fraction of sp³-hybridized carbons (Fsp3) is 0.705. The highest BCUT2D eigenvalue weighted by atomic mass is 31.2. The number of hydrogen-bond donors (Lipinski definition) is 3. The van der Waals surface area contributed by atoms with E-state index in [1.807, 2.05) is 12.2 Å². The topological polar surface area (TPSA) is 132 Å². The summed E-state index contributed by atoms with van der Waals surface area (Å²) in [5.41, 5.74) is 0. The van der Waals surface area contributed by atoms with E-state index >= 15 is 0 Å². The smallest absolute Gasteiger partial charge is 0.457 e. The van der Waals surface area contributed by atoms with Crippen LogP contribution in [-0.4, -0.2) is 66.3 Å². The minimum Gasteiger partial charge on any atom is -0.457 e. The zero-order chi connectivity index (χ0) is 39.6. The summed E-state index contributed by atoms with van der Waals surface area (Å²) in [5.74, 6) is -0.465. The zero-order valence-corrected chi connectivity index (χ0v) is 34.8. The van der Waals surface area contributed by atoms with Gasteiger partial charge >= 0.3 is 13.8 Å². The summed E-state index contributed by atoms with van der Waals surface area (Å²) >= 11 is 0. The normalized spacial score (nSPS) is 14.8. The number of unbranched alkanes of at least 4 members (excludes halogenated alkanes) is 13. The van der Waals surface area contributed by atoms with Crippen LogP contribution in [0.4, 0.5) is 0 Å². The van der Waals surface area contributed by atoms with Gasteiger partial charge in [-0.3, -0.25) is 13.8 Å². The van der Waals surface area contributed by atoms with Crippen LogP contribution >= 0.6 is 7.82 Å². The number of hydrogen-bond acceptors (Lipinski definition) is 8. The molecular weight excluding hydrogens is 703 g/mol. The molecule has 0 radical (unpaired) electrons. The van der Waals surface area contributed by atoms with Gasteiger partial charge < -0.3 is 24.6 Å². The highest BCUT2D eigenvalue weighted by molar-refractivity contribution is 7.47. The molecule has 0 heterocycles. The SMILES string of the molecule is CC/C=C\C/C=C\C/C=C\C/C=C\C/C=C\C/C=C\CCC(=O)O[C@H](COCCCCCCCCCCCCCCCC)COP(=O)(O)OC[C@@H](O)CO. The van der Waals surface area contributed by atoms with Crippen molar-refractivity contribution in [2.75, 3.05) is 33.0 Å². The Balaban J connectivity index is 4.34. The highest BCUT2D eigenvalue weighted by Crippen LogP contribution is 2.43. The molecule has 3 N–H and O–H groups in total. The first-order valence-electron chi connectivity index (χ1n) is 20.9. The van der Waals surface area contributed by atoms with E-state index in [0.29, 0.717) is 13.0 Å². The van der Waals surface area contributed by atoms with Gasteiger partial charge in [-0.15, -0.1) is 0 Å². The molecule has 0 aliphatic heterocycles.